The van der Waals surface area contributed by atoms with Crippen molar-refractivity contribution in [3.63, 3.8) is 0 Å². The molecule has 1 aromatic carbocycles. The highest BCUT2D eigenvalue weighted by atomic mass is 35.5. The molecule has 0 aliphatic heterocycles. The van der Waals surface area contributed by atoms with Gasteiger partial charge in [-0.15, -0.1) is 0 Å². The van der Waals surface area contributed by atoms with Crippen molar-refractivity contribution < 1.29 is 5.11 Å². The molecule has 2 nitrogen and oxygen atoms in total. The fraction of sp³-hybridized carbons (Fsp3) is 0.571. The third-order valence-electron chi connectivity index (χ3n) is 3.08. The van der Waals surface area contributed by atoms with E-state index >= 15 is 0 Å². The molecule has 1 rings (SSSR count). The third-order valence-corrected chi connectivity index (χ3v) is 3.31. The van der Waals surface area contributed by atoms with Crippen LogP contribution in [0.15, 0.2) is 24.3 Å². The molecular formula is C14H22ClNO. The summed E-state index contributed by atoms with van der Waals surface area (Å²) in [6, 6.07) is 7.77. The van der Waals surface area contributed by atoms with Crippen molar-refractivity contribution in [1.29, 1.82) is 0 Å². The molecule has 0 saturated heterocycles. The largest absolute Gasteiger partial charge is 0.396 e. The van der Waals surface area contributed by atoms with Crippen LogP contribution >= 0.6 is 11.6 Å². The summed E-state index contributed by atoms with van der Waals surface area (Å²) >= 11 is 5.97. The van der Waals surface area contributed by atoms with E-state index in [0.717, 1.165) is 23.4 Å². The molecule has 1 aromatic rings. The first-order valence-electron chi connectivity index (χ1n) is 6.07. The average molecular weight is 256 g/mol. The molecule has 1 unspecified atom stereocenters. The second kappa shape index (κ2) is 6.39. The lowest BCUT2D eigenvalue weighted by Crippen LogP contribution is -2.37. The topological polar surface area (TPSA) is 46.2 Å². The van der Waals surface area contributed by atoms with Gasteiger partial charge in [0.05, 0.1) is 6.61 Å². The van der Waals surface area contributed by atoms with Crippen LogP contribution in [0, 0.1) is 11.3 Å². The first-order valence-corrected chi connectivity index (χ1v) is 6.44. The number of halogens is 1. The minimum atomic E-state index is -0.223. The van der Waals surface area contributed by atoms with E-state index in [1.165, 1.54) is 0 Å². The summed E-state index contributed by atoms with van der Waals surface area (Å²) in [7, 11) is 0. The standard InChI is InChI=1S/C14H22ClNO/c1-11(2)7-14(9-16,10-17)8-12-4-3-5-13(15)6-12/h3-6,11,17H,7-10,16H2,1-2H3. The van der Waals surface area contributed by atoms with Gasteiger partial charge in [-0.05, 0) is 36.5 Å². The minimum absolute atomic E-state index is 0.119. The van der Waals surface area contributed by atoms with Crippen LogP contribution in [0.4, 0.5) is 0 Å². The smallest absolute Gasteiger partial charge is 0.0502 e. The summed E-state index contributed by atoms with van der Waals surface area (Å²) < 4.78 is 0. The van der Waals surface area contributed by atoms with Crippen LogP contribution in [-0.4, -0.2) is 18.3 Å². The SMILES string of the molecule is CC(C)CC(CN)(CO)Cc1cccc(Cl)c1. The van der Waals surface area contributed by atoms with E-state index in [1.807, 2.05) is 24.3 Å². The van der Waals surface area contributed by atoms with Gasteiger partial charge in [0.2, 0.25) is 0 Å². The average Bonchev–Trinajstić information content (AvgIpc) is 2.27. The van der Waals surface area contributed by atoms with Crippen LogP contribution in [0.5, 0.6) is 0 Å². The zero-order valence-electron chi connectivity index (χ0n) is 10.6. The van der Waals surface area contributed by atoms with Gasteiger partial charge in [-0.2, -0.15) is 0 Å². The summed E-state index contributed by atoms with van der Waals surface area (Å²) in [4.78, 5) is 0. The Morgan fingerprint density at radius 3 is 2.59 bits per heavy atom. The second-order valence-corrected chi connectivity index (χ2v) is 5.70. The van der Waals surface area contributed by atoms with E-state index in [0.29, 0.717) is 12.5 Å². The molecule has 0 heterocycles. The number of aliphatic hydroxyl groups is 1. The number of aliphatic hydroxyl groups excluding tert-OH is 1. The number of hydrogen-bond acceptors (Lipinski definition) is 2. The van der Waals surface area contributed by atoms with E-state index in [9.17, 15) is 5.11 Å². The predicted octanol–water partition coefficient (Wildman–Crippen LogP) is 2.87. The van der Waals surface area contributed by atoms with Gasteiger partial charge in [0.1, 0.15) is 0 Å². The molecule has 0 spiro atoms. The Labute approximate surface area is 109 Å². The number of benzene rings is 1. The molecule has 0 fully saturated rings. The maximum atomic E-state index is 9.64. The first-order chi connectivity index (χ1) is 8.01. The Morgan fingerprint density at radius 1 is 1.41 bits per heavy atom. The molecule has 0 aliphatic rings. The Balaban J connectivity index is 2.85. The predicted molar refractivity (Wildman–Crippen MR) is 73.2 cm³/mol. The van der Waals surface area contributed by atoms with E-state index < -0.39 is 0 Å². The van der Waals surface area contributed by atoms with Gasteiger partial charge in [0, 0.05) is 17.0 Å². The molecule has 1 atom stereocenters. The molecule has 3 N–H and O–H groups in total. The Morgan fingerprint density at radius 2 is 2.12 bits per heavy atom. The Bertz CT molecular complexity index is 348. The maximum Gasteiger partial charge on any atom is 0.0502 e. The number of hydrogen-bond donors (Lipinski definition) is 2. The van der Waals surface area contributed by atoms with E-state index in [-0.39, 0.29) is 12.0 Å². The van der Waals surface area contributed by atoms with Crippen molar-refractivity contribution >= 4 is 11.6 Å². The lowest BCUT2D eigenvalue weighted by atomic mass is 9.76. The molecule has 0 amide bonds. The van der Waals surface area contributed by atoms with Gasteiger partial charge in [0.25, 0.3) is 0 Å². The monoisotopic (exact) mass is 255 g/mol. The fourth-order valence-electron chi connectivity index (χ4n) is 2.36. The second-order valence-electron chi connectivity index (χ2n) is 5.27. The molecule has 0 saturated carbocycles. The summed E-state index contributed by atoms with van der Waals surface area (Å²) in [5.74, 6) is 0.518. The third kappa shape index (κ3) is 4.30. The lowest BCUT2D eigenvalue weighted by Gasteiger charge is -2.32. The van der Waals surface area contributed by atoms with Crippen molar-refractivity contribution in [3.8, 4) is 0 Å². The van der Waals surface area contributed by atoms with Gasteiger partial charge in [-0.3, -0.25) is 0 Å². The van der Waals surface area contributed by atoms with Crippen molar-refractivity contribution in [2.24, 2.45) is 17.1 Å². The Kier molecular flexibility index (Phi) is 5.44. The molecule has 0 bridgehead atoms. The molecule has 96 valence electrons. The quantitative estimate of drug-likeness (QED) is 0.821. The van der Waals surface area contributed by atoms with E-state index in [2.05, 4.69) is 13.8 Å². The highest BCUT2D eigenvalue weighted by Gasteiger charge is 2.29. The van der Waals surface area contributed by atoms with E-state index in [1.54, 1.807) is 0 Å². The van der Waals surface area contributed by atoms with Crippen molar-refractivity contribution in [1.82, 2.24) is 0 Å². The zero-order valence-corrected chi connectivity index (χ0v) is 11.4. The summed E-state index contributed by atoms with van der Waals surface area (Å²) in [5, 5.41) is 10.4. The Hall–Kier alpha value is -0.570. The lowest BCUT2D eigenvalue weighted by molar-refractivity contribution is 0.108. The molecule has 0 aliphatic carbocycles. The van der Waals surface area contributed by atoms with Crippen molar-refractivity contribution in [2.45, 2.75) is 26.7 Å². The van der Waals surface area contributed by atoms with Crippen molar-refractivity contribution in [2.75, 3.05) is 13.2 Å². The number of rotatable bonds is 6. The van der Waals surface area contributed by atoms with Gasteiger partial charge in [-0.25, -0.2) is 0 Å². The normalized spacial score (nSPS) is 14.9. The van der Waals surface area contributed by atoms with Crippen LogP contribution < -0.4 is 5.73 Å². The molecule has 0 radical (unpaired) electrons. The van der Waals surface area contributed by atoms with Gasteiger partial charge in [0.15, 0.2) is 0 Å². The van der Waals surface area contributed by atoms with Gasteiger partial charge < -0.3 is 10.8 Å². The zero-order chi connectivity index (χ0) is 12.9. The number of nitrogens with two attached hydrogens (primary N) is 1. The first kappa shape index (κ1) is 14.5. The molecule has 3 heteroatoms. The summed E-state index contributed by atoms with van der Waals surface area (Å²) in [6.07, 6.45) is 1.70. The fourth-order valence-corrected chi connectivity index (χ4v) is 2.57. The maximum absolute atomic E-state index is 9.64. The van der Waals surface area contributed by atoms with Gasteiger partial charge in [-0.1, -0.05) is 37.6 Å². The van der Waals surface area contributed by atoms with E-state index in [4.69, 9.17) is 17.3 Å². The molecule has 0 aromatic heterocycles. The van der Waals surface area contributed by atoms with Crippen LogP contribution in [0.1, 0.15) is 25.8 Å². The van der Waals surface area contributed by atoms with Crippen LogP contribution in [-0.2, 0) is 6.42 Å². The minimum Gasteiger partial charge on any atom is -0.396 e. The van der Waals surface area contributed by atoms with Crippen molar-refractivity contribution in [3.05, 3.63) is 34.9 Å². The molecule has 17 heavy (non-hydrogen) atoms. The van der Waals surface area contributed by atoms with Crippen LogP contribution in [0.3, 0.4) is 0 Å². The highest BCUT2D eigenvalue weighted by Crippen LogP contribution is 2.30. The summed E-state index contributed by atoms with van der Waals surface area (Å²) in [5.41, 5.74) is 6.77. The van der Waals surface area contributed by atoms with Crippen LogP contribution in [0.25, 0.3) is 0 Å². The van der Waals surface area contributed by atoms with Gasteiger partial charge >= 0.3 is 0 Å². The molecular weight excluding hydrogens is 234 g/mol. The highest BCUT2D eigenvalue weighted by molar-refractivity contribution is 6.30. The van der Waals surface area contributed by atoms with Crippen LogP contribution in [0.2, 0.25) is 5.02 Å². The summed E-state index contributed by atoms with van der Waals surface area (Å²) in [6.45, 7) is 4.92.